The molecule has 28 heavy (non-hydrogen) atoms. The van der Waals surface area contributed by atoms with Gasteiger partial charge in [0.1, 0.15) is 0 Å². The third-order valence-electron chi connectivity index (χ3n) is 5.27. The van der Waals surface area contributed by atoms with Crippen LogP contribution in [0.15, 0.2) is 36.4 Å². The van der Waals surface area contributed by atoms with E-state index in [1.54, 1.807) is 11.9 Å². The average Bonchev–Trinajstić information content (AvgIpc) is 3.02. The number of ether oxygens (including phenoxy) is 2. The Hall–Kier alpha value is -2.22. The number of aromatic nitrogens is 2. The standard InChI is InChI=1S/C21H28N4O3/c1-23(15-19-16-27-10-11-28-19)21(26)20-12-18-14-24(8-5-9-25(18)22-20)13-17-6-3-2-4-7-17/h2-4,6-7,12,19H,5,8-11,13-16H2,1H3/t19-/m0/s1. The number of rotatable bonds is 5. The molecule has 0 saturated carbocycles. The number of amides is 1. The van der Waals surface area contributed by atoms with Crippen molar-refractivity contribution in [1.82, 2.24) is 19.6 Å². The van der Waals surface area contributed by atoms with Crippen molar-refractivity contribution in [2.24, 2.45) is 0 Å². The number of fused-ring (bicyclic) bond motifs is 1. The molecule has 1 aromatic carbocycles. The summed E-state index contributed by atoms with van der Waals surface area (Å²) >= 11 is 0. The molecule has 2 aliphatic heterocycles. The van der Waals surface area contributed by atoms with Gasteiger partial charge in [-0.2, -0.15) is 5.10 Å². The second-order valence-electron chi connectivity index (χ2n) is 7.55. The van der Waals surface area contributed by atoms with Crippen LogP contribution in [0.4, 0.5) is 0 Å². The molecule has 0 spiro atoms. The summed E-state index contributed by atoms with van der Waals surface area (Å²) in [7, 11) is 1.80. The van der Waals surface area contributed by atoms with Crippen molar-refractivity contribution in [3.63, 3.8) is 0 Å². The summed E-state index contributed by atoms with van der Waals surface area (Å²) in [6.45, 7) is 5.85. The summed E-state index contributed by atoms with van der Waals surface area (Å²) in [5.41, 5.74) is 2.92. The second kappa shape index (κ2) is 8.86. The number of carbonyl (C=O) groups is 1. The fraction of sp³-hybridized carbons (Fsp3) is 0.524. The second-order valence-corrected chi connectivity index (χ2v) is 7.55. The Kier molecular flexibility index (Phi) is 6.04. The first kappa shape index (κ1) is 19.1. The van der Waals surface area contributed by atoms with Crippen LogP contribution in [0, 0.1) is 0 Å². The van der Waals surface area contributed by atoms with Crippen LogP contribution in [0.25, 0.3) is 0 Å². The maximum atomic E-state index is 12.8. The topological polar surface area (TPSA) is 59.8 Å². The molecule has 7 nitrogen and oxygen atoms in total. The lowest BCUT2D eigenvalue weighted by Crippen LogP contribution is -2.41. The molecule has 2 aliphatic rings. The molecule has 1 atom stereocenters. The molecule has 0 N–H and O–H groups in total. The molecular formula is C21H28N4O3. The Balaban J connectivity index is 1.41. The van der Waals surface area contributed by atoms with E-state index in [0.717, 1.165) is 38.3 Å². The van der Waals surface area contributed by atoms with Crippen LogP contribution in [0.2, 0.25) is 0 Å². The summed E-state index contributed by atoms with van der Waals surface area (Å²) in [5, 5.41) is 4.59. The van der Waals surface area contributed by atoms with E-state index in [-0.39, 0.29) is 12.0 Å². The molecule has 1 amide bonds. The number of likely N-dealkylation sites (N-methyl/N-ethyl adjacent to an activating group) is 1. The summed E-state index contributed by atoms with van der Waals surface area (Å²) in [4.78, 5) is 16.9. The van der Waals surface area contributed by atoms with Gasteiger partial charge in [-0.05, 0) is 18.1 Å². The zero-order valence-electron chi connectivity index (χ0n) is 16.4. The Morgan fingerprint density at radius 3 is 2.89 bits per heavy atom. The lowest BCUT2D eigenvalue weighted by atomic mass is 10.2. The molecule has 3 heterocycles. The number of carbonyl (C=O) groups excluding carboxylic acids is 1. The van der Waals surface area contributed by atoms with Crippen molar-refractivity contribution in [3.05, 3.63) is 53.3 Å². The molecule has 2 aromatic rings. The van der Waals surface area contributed by atoms with Crippen LogP contribution in [-0.2, 0) is 29.1 Å². The number of benzene rings is 1. The molecule has 0 aliphatic carbocycles. The third kappa shape index (κ3) is 4.60. The van der Waals surface area contributed by atoms with E-state index in [2.05, 4.69) is 34.3 Å². The maximum absolute atomic E-state index is 12.8. The molecule has 1 aromatic heterocycles. The largest absolute Gasteiger partial charge is 0.376 e. The lowest BCUT2D eigenvalue weighted by molar-refractivity contribution is -0.0933. The predicted molar refractivity (Wildman–Crippen MR) is 105 cm³/mol. The van der Waals surface area contributed by atoms with Gasteiger partial charge in [-0.15, -0.1) is 0 Å². The van der Waals surface area contributed by atoms with Gasteiger partial charge >= 0.3 is 0 Å². The van der Waals surface area contributed by atoms with Crippen LogP contribution in [-0.4, -0.2) is 71.5 Å². The van der Waals surface area contributed by atoms with Gasteiger partial charge in [0.05, 0.1) is 31.6 Å². The first-order valence-electron chi connectivity index (χ1n) is 9.97. The van der Waals surface area contributed by atoms with Gasteiger partial charge in [0.2, 0.25) is 0 Å². The Labute approximate surface area is 165 Å². The minimum Gasteiger partial charge on any atom is -0.376 e. The lowest BCUT2D eigenvalue weighted by Gasteiger charge is -2.27. The minimum absolute atomic E-state index is 0.0653. The fourth-order valence-electron chi connectivity index (χ4n) is 3.84. The van der Waals surface area contributed by atoms with Crippen LogP contribution < -0.4 is 0 Å². The van der Waals surface area contributed by atoms with Crippen LogP contribution in [0.5, 0.6) is 0 Å². The van der Waals surface area contributed by atoms with E-state index < -0.39 is 0 Å². The molecular weight excluding hydrogens is 356 g/mol. The highest BCUT2D eigenvalue weighted by atomic mass is 16.6. The number of hydrogen-bond acceptors (Lipinski definition) is 5. The van der Waals surface area contributed by atoms with Gasteiger partial charge in [-0.3, -0.25) is 14.4 Å². The molecule has 1 fully saturated rings. The van der Waals surface area contributed by atoms with Crippen molar-refractivity contribution < 1.29 is 14.3 Å². The van der Waals surface area contributed by atoms with Gasteiger partial charge in [-0.1, -0.05) is 30.3 Å². The van der Waals surface area contributed by atoms with Crippen LogP contribution >= 0.6 is 0 Å². The Morgan fingerprint density at radius 1 is 1.25 bits per heavy atom. The van der Waals surface area contributed by atoms with Crippen molar-refractivity contribution in [2.45, 2.75) is 32.2 Å². The summed E-state index contributed by atoms with van der Waals surface area (Å²) in [5.74, 6) is -0.0654. The molecule has 0 radical (unpaired) electrons. The molecule has 1 saturated heterocycles. The average molecular weight is 384 g/mol. The smallest absolute Gasteiger partial charge is 0.274 e. The van der Waals surface area contributed by atoms with Crippen molar-refractivity contribution in [3.8, 4) is 0 Å². The quantitative estimate of drug-likeness (QED) is 0.786. The maximum Gasteiger partial charge on any atom is 0.274 e. The Morgan fingerprint density at radius 2 is 2.11 bits per heavy atom. The first-order valence-corrected chi connectivity index (χ1v) is 9.97. The summed E-state index contributed by atoms with van der Waals surface area (Å²) < 4.78 is 13.1. The van der Waals surface area contributed by atoms with Crippen molar-refractivity contribution >= 4 is 5.91 Å². The highest BCUT2D eigenvalue weighted by molar-refractivity contribution is 5.92. The zero-order valence-corrected chi connectivity index (χ0v) is 16.4. The number of nitrogens with zero attached hydrogens (tertiary/aromatic N) is 4. The highest BCUT2D eigenvalue weighted by Gasteiger charge is 2.24. The minimum atomic E-state index is -0.0654. The van der Waals surface area contributed by atoms with Gasteiger partial charge in [-0.25, -0.2) is 0 Å². The normalized spacial score (nSPS) is 20.4. The fourth-order valence-corrected chi connectivity index (χ4v) is 3.84. The van der Waals surface area contributed by atoms with Crippen molar-refractivity contribution in [1.29, 1.82) is 0 Å². The molecule has 7 heteroatoms. The Bertz CT molecular complexity index is 786. The van der Waals surface area contributed by atoms with Crippen molar-refractivity contribution in [2.75, 3.05) is 40.0 Å². The summed E-state index contributed by atoms with van der Waals surface area (Å²) in [6.07, 6.45) is 0.961. The van der Waals surface area contributed by atoms with E-state index in [4.69, 9.17) is 9.47 Å². The van der Waals surface area contributed by atoms with E-state index >= 15 is 0 Å². The van der Waals surface area contributed by atoms with Crippen LogP contribution in [0.1, 0.15) is 28.2 Å². The van der Waals surface area contributed by atoms with E-state index in [1.165, 1.54) is 5.56 Å². The van der Waals surface area contributed by atoms with E-state index in [1.807, 2.05) is 16.8 Å². The molecule has 4 rings (SSSR count). The molecule has 0 unspecified atom stereocenters. The molecule has 150 valence electrons. The van der Waals surface area contributed by atoms with E-state index in [0.29, 0.717) is 32.1 Å². The van der Waals surface area contributed by atoms with Crippen LogP contribution in [0.3, 0.4) is 0 Å². The third-order valence-corrected chi connectivity index (χ3v) is 5.27. The van der Waals surface area contributed by atoms with Gasteiger partial charge in [0.25, 0.3) is 5.91 Å². The number of hydrogen-bond donors (Lipinski definition) is 0. The summed E-state index contributed by atoms with van der Waals surface area (Å²) in [6, 6.07) is 12.4. The SMILES string of the molecule is CN(C[C@H]1COCCO1)C(=O)c1cc2n(n1)CCCN(Cc1ccccc1)C2. The number of aryl methyl sites for hydroxylation is 1. The molecule has 0 bridgehead atoms. The highest BCUT2D eigenvalue weighted by Crippen LogP contribution is 2.17. The first-order chi connectivity index (χ1) is 13.7. The van der Waals surface area contributed by atoms with Gasteiger partial charge in [0.15, 0.2) is 5.69 Å². The predicted octanol–water partition coefficient (Wildman–Crippen LogP) is 1.78. The zero-order chi connectivity index (χ0) is 19.3. The van der Waals surface area contributed by atoms with E-state index in [9.17, 15) is 4.79 Å². The van der Waals surface area contributed by atoms with Gasteiger partial charge < -0.3 is 14.4 Å². The van der Waals surface area contributed by atoms with Gasteiger partial charge in [0, 0.05) is 39.8 Å². The monoisotopic (exact) mass is 384 g/mol.